The van der Waals surface area contributed by atoms with Crippen molar-refractivity contribution in [1.29, 1.82) is 0 Å². The molecule has 0 unspecified atom stereocenters. The van der Waals surface area contributed by atoms with E-state index in [1.165, 1.54) is 11.1 Å². The minimum Gasteiger partial charge on any atom is -0.389 e. The maximum atomic E-state index is 5.92. The van der Waals surface area contributed by atoms with E-state index >= 15 is 0 Å². The smallest absolute Gasteiger partial charge is 0.137 e. The molecule has 0 spiro atoms. The number of hydrogen-bond donors (Lipinski definition) is 1. The van der Waals surface area contributed by atoms with Gasteiger partial charge < -0.3 is 10.6 Å². The fraction of sp³-hybridized carbons (Fsp3) is 0.375. The monoisotopic (exact) mass is 300 g/mol. The van der Waals surface area contributed by atoms with Gasteiger partial charge in [0, 0.05) is 20.1 Å². The van der Waals surface area contributed by atoms with Gasteiger partial charge in [0.1, 0.15) is 10.8 Å². The lowest BCUT2D eigenvalue weighted by molar-refractivity contribution is 0.687. The van der Waals surface area contributed by atoms with Gasteiger partial charge in [0.2, 0.25) is 0 Å². The summed E-state index contributed by atoms with van der Waals surface area (Å²) in [7, 11) is 1.96. The average molecular weight is 300 g/mol. The molecule has 5 heteroatoms. The number of aromatic nitrogens is 2. The molecule has 1 aromatic carbocycles. The Hall–Kier alpha value is -1.88. The molecule has 0 radical (unpaired) electrons. The highest BCUT2D eigenvalue weighted by Gasteiger charge is 2.23. The van der Waals surface area contributed by atoms with Crippen LogP contribution in [0.5, 0.6) is 0 Å². The second kappa shape index (κ2) is 5.48. The normalized spacial score (nSPS) is 14.7. The molecule has 0 bridgehead atoms. The SMILES string of the molecule is Cc1nn(C)c(N2CCCc3ccccc3C2)c1C(N)=S. The van der Waals surface area contributed by atoms with E-state index in [2.05, 4.69) is 34.3 Å². The van der Waals surface area contributed by atoms with E-state index in [1.807, 2.05) is 18.7 Å². The van der Waals surface area contributed by atoms with Gasteiger partial charge in [0.05, 0.1) is 11.3 Å². The van der Waals surface area contributed by atoms with Crippen molar-refractivity contribution in [3.63, 3.8) is 0 Å². The molecular weight excluding hydrogens is 280 g/mol. The molecule has 0 atom stereocenters. The zero-order chi connectivity index (χ0) is 15.0. The standard InChI is InChI=1S/C16H20N4S/c1-11-14(15(17)21)16(19(2)18-11)20-9-5-8-12-6-3-4-7-13(12)10-20/h3-4,6-7H,5,8-10H2,1-2H3,(H2,17,21). The number of hydrogen-bond acceptors (Lipinski definition) is 3. The first-order chi connectivity index (χ1) is 10.1. The third-order valence-corrected chi connectivity index (χ3v) is 4.30. The van der Waals surface area contributed by atoms with E-state index in [-0.39, 0.29) is 0 Å². The van der Waals surface area contributed by atoms with Crippen LogP contribution in [0.1, 0.15) is 28.8 Å². The summed E-state index contributed by atoms with van der Waals surface area (Å²) in [5.74, 6) is 1.04. The zero-order valence-electron chi connectivity index (χ0n) is 12.5. The molecule has 0 saturated carbocycles. The van der Waals surface area contributed by atoms with Crippen LogP contribution in [0, 0.1) is 6.92 Å². The van der Waals surface area contributed by atoms with Crippen molar-refractivity contribution in [2.75, 3.05) is 11.4 Å². The summed E-state index contributed by atoms with van der Waals surface area (Å²) in [6.45, 7) is 3.83. The van der Waals surface area contributed by atoms with Gasteiger partial charge >= 0.3 is 0 Å². The summed E-state index contributed by atoms with van der Waals surface area (Å²) in [4.78, 5) is 2.77. The lowest BCUT2D eigenvalue weighted by atomic mass is 10.0. The van der Waals surface area contributed by atoms with Gasteiger partial charge in [-0.3, -0.25) is 4.68 Å². The van der Waals surface area contributed by atoms with Gasteiger partial charge in [-0.2, -0.15) is 5.10 Å². The van der Waals surface area contributed by atoms with Crippen molar-refractivity contribution in [2.24, 2.45) is 12.8 Å². The molecule has 2 aromatic rings. The Morgan fingerprint density at radius 1 is 1.29 bits per heavy atom. The van der Waals surface area contributed by atoms with E-state index in [0.29, 0.717) is 4.99 Å². The summed E-state index contributed by atoms with van der Waals surface area (Å²) < 4.78 is 1.90. The van der Waals surface area contributed by atoms with E-state index in [0.717, 1.165) is 43.0 Å². The molecule has 0 fully saturated rings. The molecule has 3 rings (SSSR count). The topological polar surface area (TPSA) is 47.1 Å². The van der Waals surface area contributed by atoms with Crippen LogP contribution in [0.2, 0.25) is 0 Å². The van der Waals surface area contributed by atoms with Gasteiger partial charge in [-0.05, 0) is 30.9 Å². The highest BCUT2D eigenvalue weighted by atomic mass is 32.1. The number of aryl methyl sites for hydroxylation is 3. The van der Waals surface area contributed by atoms with Crippen molar-refractivity contribution in [1.82, 2.24) is 9.78 Å². The first kappa shape index (κ1) is 14.1. The van der Waals surface area contributed by atoms with E-state index in [4.69, 9.17) is 18.0 Å². The van der Waals surface area contributed by atoms with E-state index in [9.17, 15) is 0 Å². The van der Waals surface area contributed by atoms with Crippen LogP contribution < -0.4 is 10.6 Å². The number of nitrogens with two attached hydrogens (primary N) is 1. The largest absolute Gasteiger partial charge is 0.389 e. The Morgan fingerprint density at radius 3 is 2.71 bits per heavy atom. The Balaban J connectivity index is 2.04. The Labute approximate surface area is 130 Å². The molecule has 2 heterocycles. The zero-order valence-corrected chi connectivity index (χ0v) is 13.3. The van der Waals surface area contributed by atoms with Gasteiger partial charge in [-0.25, -0.2) is 0 Å². The first-order valence-corrected chi connectivity index (χ1v) is 7.64. The number of benzene rings is 1. The molecule has 2 N–H and O–H groups in total. The Bertz CT molecular complexity index is 690. The molecule has 1 aromatic heterocycles. The molecule has 1 aliphatic rings. The third-order valence-electron chi connectivity index (χ3n) is 4.09. The minimum atomic E-state index is 0.424. The molecular formula is C16H20N4S. The predicted octanol–water partition coefficient (Wildman–Crippen LogP) is 2.32. The van der Waals surface area contributed by atoms with Gasteiger partial charge in [0.15, 0.2) is 0 Å². The van der Waals surface area contributed by atoms with Crippen molar-refractivity contribution in [3.05, 3.63) is 46.6 Å². The Kier molecular flexibility index (Phi) is 3.68. The van der Waals surface area contributed by atoms with Crippen molar-refractivity contribution in [2.45, 2.75) is 26.3 Å². The highest BCUT2D eigenvalue weighted by Crippen LogP contribution is 2.28. The molecule has 1 aliphatic heterocycles. The fourth-order valence-electron chi connectivity index (χ4n) is 3.18. The number of fused-ring (bicyclic) bond motifs is 1. The van der Waals surface area contributed by atoms with Crippen LogP contribution in [0.25, 0.3) is 0 Å². The summed E-state index contributed by atoms with van der Waals surface area (Å²) in [6, 6.07) is 8.65. The Morgan fingerprint density at radius 2 is 2.00 bits per heavy atom. The maximum Gasteiger partial charge on any atom is 0.137 e. The quantitative estimate of drug-likeness (QED) is 0.865. The second-order valence-corrected chi connectivity index (χ2v) is 6.01. The molecule has 21 heavy (non-hydrogen) atoms. The van der Waals surface area contributed by atoms with Crippen LogP contribution in [0.15, 0.2) is 24.3 Å². The van der Waals surface area contributed by atoms with Crippen molar-refractivity contribution >= 4 is 23.0 Å². The average Bonchev–Trinajstić information content (AvgIpc) is 2.62. The first-order valence-electron chi connectivity index (χ1n) is 7.23. The predicted molar refractivity (Wildman–Crippen MR) is 89.6 cm³/mol. The van der Waals surface area contributed by atoms with Crippen LogP contribution in [0.3, 0.4) is 0 Å². The second-order valence-electron chi connectivity index (χ2n) is 5.57. The van der Waals surface area contributed by atoms with Gasteiger partial charge in [-0.15, -0.1) is 0 Å². The van der Waals surface area contributed by atoms with E-state index < -0.39 is 0 Å². The summed E-state index contributed by atoms with van der Waals surface area (Å²) in [6.07, 6.45) is 2.24. The summed E-state index contributed by atoms with van der Waals surface area (Å²) in [5, 5.41) is 4.50. The van der Waals surface area contributed by atoms with Crippen LogP contribution in [0.4, 0.5) is 5.82 Å². The van der Waals surface area contributed by atoms with E-state index in [1.54, 1.807) is 0 Å². The molecule has 0 saturated heterocycles. The van der Waals surface area contributed by atoms with Crippen LogP contribution in [-0.2, 0) is 20.0 Å². The van der Waals surface area contributed by atoms with Crippen molar-refractivity contribution < 1.29 is 0 Å². The number of anilines is 1. The highest BCUT2D eigenvalue weighted by molar-refractivity contribution is 7.80. The van der Waals surface area contributed by atoms with Gasteiger partial charge in [-0.1, -0.05) is 36.5 Å². The number of nitrogens with zero attached hydrogens (tertiary/aromatic N) is 3. The van der Waals surface area contributed by atoms with Crippen LogP contribution >= 0.6 is 12.2 Å². The molecule has 0 aliphatic carbocycles. The number of thiocarbonyl (C=S) groups is 1. The maximum absolute atomic E-state index is 5.92. The van der Waals surface area contributed by atoms with Crippen LogP contribution in [-0.4, -0.2) is 21.3 Å². The lowest BCUT2D eigenvalue weighted by Crippen LogP contribution is -2.27. The molecule has 4 nitrogen and oxygen atoms in total. The van der Waals surface area contributed by atoms with Crippen molar-refractivity contribution in [3.8, 4) is 0 Å². The summed E-state index contributed by atoms with van der Waals surface area (Å²) >= 11 is 5.23. The fourth-order valence-corrected chi connectivity index (χ4v) is 3.42. The third kappa shape index (κ3) is 2.53. The lowest BCUT2D eigenvalue weighted by Gasteiger charge is -2.24. The minimum absolute atomic E-state index is 0.424. The summed E-state index contributed by atoms with van der Waals surface area (Å²) in [5.41, 5.74) is 10.5. The van der Waals surface area contributed by atoms with Gasteiger partial charge in [0.25, 0.3) is 0 Å². The number of rotatable bonds is 2. The molecule has 110 valence electrons. The molecule has 0 amide bonds.